The average molecular weight is 249 g/mol. The summed E-state index contributed by atoms with van der Waals surface area (Å²) in [5.74, 6) is 0. The molecule has 1 atom stereocenters. The Morgan fingerprint density at radius 2 is 2.12 bits per heavy atom. The topological polar surface area (TPSA) is 0 Å². The number of hydrogen-bond donors (Lipinski definition) is 0. The first-order valence-electron chi connectivity index (χ1n) is 6.34. The van der Waals surface area contributed by atoms with Crippen LogP contribution in [0.1, 0.15) is 37.8 Å². The molecule has 0 radical (unpaired) electrons. The van der Waals surface area contributed by atoms with E-state index in [4.69, 9.17) is 11.6 Å². The van der Waals surface area contributed by atoms with Crippen LogP contribution in [0.3, 0.4) is 0 Å². The average Bonchev–Trinajstić information content (AvgIpc) is 2.13. The lowest BCUT2D eigenvalue weighted by Gasteiger charge is -2.32. The van der Waals surface area contributed by atoms with E-state index in [-0.39, 0.29) is 5.38 Å². The zero-order valence-electron chi connectivity index (χ0n) is 11.0. The van der Waals surface area contributed by atoms with Gasteiger partial charge < -0.3 is 0 Å². The fourth-order valence-electron chi connectivity index (χ4n) is 2.79. The number of aryl methyl sites for hydroxylation is 1. The molecule has 0 amide bonds. The third-order valence-electron chi connectivity index (χ3n) is 3.38. The number of halogens is 1. The summed E-state index contributed by atoms with van der Waals surface area (Å²) in [5.41, 5.74) is 4.57. The van der Waals surface area contributed by atoms with Crippen LogP contribution in [0.2, 0.25) is 0 Å². The minimum Gasteiger partial charge on any atom is -0.118 e. The van der Waals surface area contributed by atoms with Gasteiger partial charge in [-0.3, -0.25) is 0 Å². The van der Waals surface area contributed by atoms with Crippen LogP contribution in [0.5, 0.6) is 0 Å². The molecule has 0 aliphatic heterocycles. The van der Waals surface area contributed by atoms with E-state index in [2.05, 4.69) is 51.1 Å². The van der Waals surface area contributed by atoms with E-state index in [0.717, 1.165) is 12.8 Å². The fraction of sp³-hybridized carbons (Fsp3) is 0.500. The van der Waals surface area contributed by atoms with Crippen molar-refractivity contribution in [3.8, 4) is 0 Å². The van der Waals surface area contributed by atoms with Gasteiger partial charge in [-0.2, -0.15) is 0 Å². The maximum Gasteiger partial charge on any atom is 0.0523 e. The predicted octanol–water partition coefficient (Wildman–Crippen LogP) is 4.89. The van der Waals surface area contributed by atoms with Crippen molar-refractivity contribution in [1.29, 1.82) is 0 Å². The van der Waals surface area contributed by atoms with Gasteiger partial charge >= 0.3 is 0 Å². The Hall–Kier alpha value is -0.750. The highest BCUT2D eigenvalue weighted by Gasteiger charge is 2.27. The molecule has 0 heterocycles. The molecule has 0 saturated carbocycles. The second-order valence-corrected chi connectivity index (χ2v) is 6.61. The molecule has 0 aromatic heterocycles. The highest BCUT2D eigenvalue weighted by molar-refractivity contribution is 6.21. The van der Waals surface area contributed by atoms with Crippen molar-refractivity contribution in [3.63, 3.8) is 0 Å². The van der Waals surface area contributed by atoms with E-state index in [1.54, 1.807) is 0 Å². The number of allylic oxidation sites excluding steroid dienone is 2. The van der Waals surface area contributed by atoms with Gasteiger partial charge in [-0.1, -0.05) is 55.3 Å². The Morgan fingerprint density at radius 3 is 2.76 bits per heavy atom. The lowest BCUT2D eigenvalue weighted by molar-refractivity contribution is 0.320. The second-order valence-electron chi connectivity index (χ2n) is 6.05. The van der Waals surface area contributed by atoms with Gasteiger partial charge in [-0.15, -0.1) is 11.6 Å². The number of benzene rings is 1. The summed E-state index contributed by atoms with van der Waals surface area (Å²) < 4.78 is 0. The molecule has 1 aliphatic carbocycles. The van der Waals surface area contributed by atoms with Gasteiger partial charge in [-0.25, -0.2) is 0 Å². The van der Waals surface area contributed by atoms with Gasteiger partial charge in [0.15, 0.2) is 0 Å². The van der Waals surface area contributed by atoms with Crippen molar-refractivity contribution in [2.75, 3.05) is 0 Å². The van der Waals surface area contributed by atoms with Crippen molar-refractivity contribution in [2.45, 2.75) is 45.4 Å². The molecule has 0 saturated heterocycles. The van der Waals surface area contributed by atoms with Gasteiger partial charge in [0.25, 0.3) is 0 Å². The van der Waals surface area contributed by atoms with E-state index in [1.807, 2.05) is 0 Å². The van der Waals surface area contributed by atoms with Crippen molar-refractivity contribution in [3.05, 3.63) is 47.0 Å². The molecule has 1 heteroatoms. The third kappa shape index (κ3) is 3.61. The summed E-state index contributed by atoms with van der Waals surface area (Å²) >= 11 is 6.32. The SMILES string of the molecule is Cc1cccc(CC2=CC(Cl)CC(C)(C)C2)c1. The van der Waals surface area contributed by atoms with Gasteiger partial charge in [0.1, 0.15) is 0 Å². The molecule has 17 heavy (non-hydrogen) atoms. The fourth-order valence-corrected chi connectivity index (χ4v) is 3.39. The van der Waals surface area contributed by atoms with Crippen molar-refractivity contribution in [1.82, 2.24) is 0 Å². The van der Waals surface area contributed by atoms with Crippen LogP contribution >= 0.6 is 11.6 Å². The smallest absolute Gasteiger partial charge is 0.0523 e. The molecule has 92 valence electrons. The molecule has 0 nitrogen and oxygen atoms in total. The monoisotopic (exact) mass is 248 g/mol. The Kier molecular flexibility index (Phi) is 3.63. The molecular weight excluding hydrogens is 228 g/mol. The van der Waals surface area contributed by atoms with Gasteiger partial charge in [0.2, 0.25) is 0 Å². The molecular formula is C16H21Cl. The zero-order valence-corrected chi connectivity index (χ0v) is 11.7. The van der Waals surface area contributed by atoms with E-state index >= 15 is 0 Å². The summed E-state index contributed by atoms with van der Waals surface area (Å²) in [7, 11) is 0. The Bertz CT molecular complexity index is 429. The van der Waals surface area contributed by atoms with Crippen LogP contribution < -0.4 is 0 Å². The predicted molar refractivity (Wildman–Crippen MR) is 75.6 cm³/mol. The third-order valence-corrected chi connectivity index (χ3v) is 3.66. The maximum atomic E-state index is 6.32. The molecule has 2 rings (SSSR count). The normalized spacial score (nSPS) is 23.3. The molecule has 0 spiro atoms. The maximum absolute atomic E-state index is 6.32. The van der Waals surface area contributed by atoms with E-state index in [9.17, 15) is 0 Å². The van der Waals surface area contributed by atoms with Crippen molar-refractivity contribution in [2.24, 2.45) is 5.41 Å². The first kappa shape index (κ1) is 12.7. The summed E-state index contributed by atoms with van der Waals surface area (Å²) in [6, 6.07) is 8.76. The van der Waals surface area contributed by atoms with Crippen molar-refractivity contribution < 1.29 is 0 Å². The number of alkyl halides is 1. The molecule has 1 aliphatic rings. The summed E-state index contributed by atoms with van der Waals surface area (Å²) in [5, 5.41) is 0.207. The first-order chi connectivity index (χ1) is 7.94. The molecule has 1 aromatic rings. The largest absolute Gasteiger partial charge is 0.118 e. The Balaban J connectivity index is 2.14. The van der Waals surface area contributed by atoms with Crippen LogP contribution in [-0.4, -0.2) is 5.38 Å². The quantitative estimate of drug-likeness (QED) is 0.516. The first-order valence-corrected chi connectivity index (χ1v) is 6.77. The minimum absolute atomic E-state index is 0.207. The summed E-state index contributed by atoms with van der Waals surface area (Å²) in [6.45, 7) is 6.77. The lowest BCUT2D eigenvalue weighted by atomic mass is 9.76. The summed E-state index contributed by atoms with van der Waals surface area (Å²) in [4.78, 5) is 0. The molecule has 0 bridgehead atoms. The lowest BCUT2D eigenvalue weighted by Crippen LogP contribution is -2.22. The Morgan fingerprint density at radius 1 is 1.35 bits per heavy atom. The second kappa shape index (κ2) is 4.86. The molecule has 0 N–H and O–H groups in total. The van der Waals surface area contributed by atoms with Crippen LogP contribution in [0.15, 0.2) is 35.9 Å². The highest BCUT2D eigenvalue weighted by Crippen LogP contribution is 2.38. The highest BCUT2D eigenvalue weighted by atomic mass is 35.5. The van der Waals surface area contributed by atoms with Crippen LogP contribution in [-0.2, 0) is 6.42 Å². The number of rotatable bonds is 2. The standard InChI is InChI=1S/C16H21Cl/c1-12-5-4-6-13(7-12)8-14-9-15(17)11-16(2,3)10-14/h4-7,9,15H,8,10-11H2,1-3H3. The van der Waals surface area contributed by atoms with Gasteiger partial charge in [0.05, 0.1) is 5.38 Å². The zero-order chi connectivity index (χ0) is 12.5. The van der Waals surface area contributed by atoms with Crippen molar-refractivity contribution >= 4 is 11.6 Å². The minimum atomic E-state index is 0.207. The summed E-state index contributed by atoms with van der Waals surface area (Å²) in [6.07, 6.45) is 5.57. The van der Waals surface area contributed by atoms with Gasteiger partial charge in [0, 0.05) is 0 Å². The molecule has 0 fully saturated rings. The van der Waals surface area contributed by atoms with Crippen LogP contribution in [0.25, 0.3) is 0 Å². The number of hydrogen-bond acceptors (Lipinski definition) is 0. The van der Waals surface area contributed by atoms with E-state index in [0.29, 0.717) is 5.41 Å². The Labute approximate surface area is 110 Å². The molecule has 1 aromatic carbocycles. The van der Waals surface area contributed by atoms with E-state index < -0.39 is 0 Å². The van der Waals surface area contributed by atoms with Gasteiger partial charge in [-0.05, 0) is 37.2 Å². The molecule has 1 unspecified atom stereocenters. The van der Waals surface area contributed by atoms with Crippen LogP contribution in [0, 0.1) is 12.3 Å². The van der Waals surface area contributed by atoms with Crippen LogP contribution in [0.4, 0.5) is 0 Å². The van der Waals surface area contributed by atoms with E-state index in [1.165, 1.54) is 23.1 Å².